The summed E-state index contributed by atoms with van der Waals surface area (Å²) in [4.78, 5) is 15.6. The van der Waals surface area contributed by atoms with Crippen molar-refractivity contribution in [2.45, 2.75) is 4.90 Å². The van der Waals surface area contributed by atoms with E-state index in [9.17, 15) is 13.2 Å². The Morgan fingerprint density at radius 3 is 2.61 bits per heavy atom. The Labute approximate surface area is 133 Å². The molecular weight excluding hydrogens is 316 g/mol. The van der Waals surface area contributed by atoms with Crippen molar-refractivity contribution in [1.29, 1.82) is 0 Å². The molecule has 0 unspecified atom stereocenters. The minimum absolute atomic E-state index is 0.0238. The van der Waals surface area contributed by atoms with Gasteiger partial charge in [0.2, 0.25) is 0 Å². The van der Waals surface area contributed by atoms with Crippen molar-refractivity contribution in [1.82, 2.24) is 9.66 Å². The predicted molar refractivity (Wildman–Crippen MR) is 86.0 cm³/mol. The second kappa shape index (κ2) is 5.40. The molecule has 8 heteroatoms. The van der Waals surface area contributed by atoms with E-state index in [1.807, 2.05) is 0 Å². The highest BCUT2D eigenvalue weighted by Crippen LogP contribution is 2.22. The van der Waals surface area contributed by atoms with Crippen molar-refractivity contribution in [2.24, 2.45) is 5.73 Å². The van der Waals surface area contributed by atoms with E-state index in [1.165, 1.54) is 36.3 Å². The van der Waals surface area contributed by atoms with E-state index in [0.29, 0.717) is 5.52 Å². The number of hydrogen-bond acceptors (Lipinski definition) is 4. The standard InChI is InChI=1S/C15H14N4O3S/c1-18(23(21,22)12-6-4-8-17-10-12)19-13-7-3-2-5-11(13)9-14(19)15(16)20/h2-10H,1H3,(H2,16,20). The maximum absolute atomic E-state index is 12.8. The molecule has 2 aromatic heterocycles. The van der Waals surface area contributed by atoms with E-state index in [4.69, 9.17) is 5.73 Å². The van der Waals surface area contributed by atoms with Crippen LogP contribution in [0.5, 0.6) is 0 Å². The van der Waals surface area contributed by atoms with Gasteiger partial charge < -0.3 is 5.73 Å². The molecule has 0 bridgehead atoms. The van der Waals surface area contributed by atoms with Crippen LogP contribution < -0.4 is 10.1 Å². The molecule has 118 valence electrons. The highest BCUT2D eigenvalue weighted by molar-refractivity contribution is 7.92. The zero-order valence-electron chi connectivity index (χ0n) is 12.2. The maximum Gasteiger partial charge on any atom is 0.279 e. The number of para-hydroxylation sites is 1. The van der Waals surface area contributed by atoms with Crippen LogP contribution in [-0.2, 0) is 10.0 Å². The van der Waals surface area contributed by atoms with Crippen molar-refractivity contribution in [2.75, 3.05) is 11.5 Å². The molecule has 0 aliphatic heterocycles. The number of fused-ring (bicyclic) bond motifs is 1. The predicted octanol–water partition coefficient (Wildman–Crippen LogP) is 1.09. The number of aromatic nitrogens is 2. The maximum atomic E-state index is 12.8. The van der Waals surface area contributed by atoms with Crippen molar-refractivity contribution in [3.8, 4) is 0 Å². The van der Waals surface area contributed by atoms with E-state index in [-0.39, 0.29) is 10.6 Å². The van der Waals surface area contributed by atoms with Crippen molar-refractivity contribution >= 4 is 26.8 Å². The number of hydrogen-bond donors (Lipinski definition) is 1. The first-order valence-corrected chi connectivity index (χ1v) is 8.16. The molecule has 0 saturated heterocycles. The number of primary amides is 1. The summed E-state index contributed by atoms with van der Waals surface area (Å²) in [6.45, 7) is 0. The summed E-state index contributed by atoms with van der Waals surface area (Å²) in [6, 6.07) is 11.6. The van der Waals surface area contributed by atoms with Crippen LogP contribution >= 0.6 is 0 Å². The van der Waals surface area contributed by atoms with Crippen LogP contribution in [0.25, 0.3) is 10.9 Å². The molecule has 23 heavy (non-hydrogen) atoms. The Balaban J connectivity index is 2.24. The summed E-state index contributed by atoms with van der Waals surface area (Å²) in [7, 11) is -2.52. The lowest BCUT2D eigenvalue weighted by molar-refractivity contribution is 0.0992. The molecule has 0 aliphatic carbocycles. The number of pyridine rings is 1. The van der Waals surface area contributed by atoms with Gasteiger partial charge in [-0.1, -0.05) is 18.2 Å². The molecule has 2 N–H and O–H groups in total. The number of carbonyl (C=O) groups is 1. The zero-order chi connectivity index (χ0) is 16.6. The lowest BCUT2D eigenvalue weighted by atomic mass is 10.2. The molecular formula is C15H14N4O3S. The lowest BCUT2D eigenvalue weighted by Gasteiger charge is -2.23. The average molecular weight is 330 g/mol. The van der Waals surface area contributed by atoms with Crippen molar-refractivity contribution in [3.63, 3.8) is 0 Å². The van der Waals surface area contributed by atoms with Crippen LogP contribution in [0.15, 0.2) is 59.8 Å². The van der Waals surface area contributed by atoms with Gasteiger partial charge in [0.25, 0.3) is 15.9 Å². The summed E-state index contributed by atoms with van der Waals surface area (Å²) >= 11 is 0. The Bertz CT molecular complexity index is 980. The fourth-order valence-electron chi connectivity index (χ4n) is 2.38. The molecule has 0 radical (unpaired) electrons. The van der Waals surface area contributed by atoms with Gasteiger partial charge in [0, 0.05) is 24.8 Å². The fraction of sp³-hybridized carbons (Fsp3) is 0.0667. The smallest absolute Gasteiger partial charge is 0.279 e. The number of rotatable bonds is 4. The highest BCUT2D eigenvalue weighted by Gasteiger charge is 2.26. The Hall–Kier alpha value is -2.87. The van der Waals surface area contributed by atoms with Gasteiger partial charge in [0.05, 0.1) is 5.52 Å². The van der Waals surface area contributed by atoms with E-state index in [1.54, 1.807) is 30.3 Å². The summed E-state index contributed by atoms with van der Waals surface area (Å²) in [5, 5.41) is 0.717. The molecule has 3 rings (SSSR count). The van der Waals surface area contributed by atoms with E-state index in [0.717, 1.165) is 9.80 Å². The number of nitrogens with two attached hydrogens (primary N) is 1. The number of benzene rings is 1. The minimum Gasteiger partial charge on any atom is -0.364 e. The topological polar surface area (TPSA) is 98.3 Å². The molecule has 0 fully saturated rings. The zero-order valence-corrected chi connectivity index (χ0v) is 13.1. The second-order valence-corrected chi connectivity index (χ2v) is 6.84. The molecule has 0 spiro atoms. The van der Waals surface area contributed by atoms with E-state index < -0.39 is 15.9 Å². The summed E-state index contributed by atoms with van der Waals surface area (Å²) in [6.07, 6.45) is 2.74. The molecule has 1 aromatic carbocycles. The first-order valence-electron chi connectivity index (χ1n) is 6.72. The van der Waals surface area contributed by atoms with Gasteiger partial charge in [-0.15, -0.1) is 0 Å². The lowest BCUT2D eigenvalue weighted by Crippen LogP contribution is -2.39. The Morgan fingerprint density at radius 2 is 1.96 bits per heavy atom. The summed E-state index contributed by atoms with van der Waals surface area (Å²) in [5.41, 5.74) is 6.05. The van der Waals surface area contributed by atoms with Gasteiger partial charge in [-0.3, -0.25) is 9.78 Å². The molecule has 0 aliphatic rings. The quantitative estimate of drug-likeness (QED) is 0.774. The van der Waals surface area contributed by atoms with Gasteiger partial charge in [0.1, 0.15) is 10.6 Å². The summed E-state index contributed by atoms with van der Waals surface area (Å²) in [5.74, 6) is -0.713. The third-order valence-electron chi connectivity index (χ3n) is 3.50. The first kappa shape index (κ1) is 15.0. The molecule has 2 heterocycles. The highest BCUT2D eigenvalue weighted by atomic mass is 32.2. The van der Waals surface area contributed by atoms with Crippen LogP contribution in [0.2, 0.25) is 0 Å². The van der Waals surface area contributed by atoms with Gasteiger partial charge in [-0.25, -0.2) is 9.09 Å². The Morgan fingerprint density at radius 1 is 1.22 bits per heavy atom. The fourth-order valence-corrected chi connectivity index (χ4v) is 3.52. The molecule has 1 amide bonds. The monoisotopic (exact) mass is 330 g/mol. The van der Waals surface area contributed by atoms with Crippen LogP contribution in [-0.4, -0.2) is 31.0 Å². The number of amides is 1. The van der Waals surface area contributed by atoms with Gasteiger partial charge >= 0.3 is 0 Å². The van der Waals surface area contributed by atoms with E-state index in [2.05, 4.69) is 4.98 Å². The second-order valence-electron chi connectivity index (χ2n) is 4.89. The van der Waals surface area contributed by atoms with Gasteiger partial charge in [-0.2, -0.15) is 8.42 Å². The number of sulfonamides is 1. The first-order chi connectivity index (χ1) is 10.9. The van der Waals surface area contributed by atoms with Crippen molar-refractivity contribution in [3.05, 3.63) is 60.6 Å². The normalized spacial score (nSPS) is 11.5. The summed E-state index contributed by atoms with van der Waals surface area (Å²) < 4.78 is 27.8. The molecule has 7 nitrogen and oxygen atoms in total. The number of nitrogens with zero attached hydrogens (tertiary/aromatic N) is 3. The van der Waals surface area contributed by atoms with Crippen molar-refractivity contribution < 1.29 is 13.2 Å². The van der Waals surface area contributed by atoms with Crippen LogP contribution in [0, 0.1) is 0 Å². The minimum atomic E-state index is -3.88. The number of carbonyl (C=O) groups excluding carboxylic acids is 1. The third-order valence-corrected chi connectivity index (χ3v) is 5.20. The Kier molecular flexibility index (Phi) is 3.53. The third kappa shape index (κ3) is 2.42. The molecule has 0 saturated carbocycles. The average Bonchev–Trinajstić information content (AvgIpc) is 2.94. The van der Waals surface area contributed by atoms with Gasteiger partial charge in [-0.05, 0) is 24.3 Å². The SMILES string of the molecule is CN(n1c(C(N)=O)cc2ccccc21)S(=O)(=O)c1cccnc1. The van der Waals surface area contributed by atoms with Crippen LogP contribution in [0.1, 0.15) is 10.5 Å². The molecule has 3 aromatic rings. The largest absolute Gasteiger partial charge is 0.364 e. The van der Waals surface area contributed by atoms with Crippen LogP contribution in [0.4, 0.5) is 0 Å². The van der Waals surface area contributed by atoms with E-state index >= 15 is 0 Å². The van der Waals surface area contributed by atoms with Gasteiger partial charge in [0.15, 0.2) is 0 Å². The molecule has 0 atom stereocenters. The van der Waals surface area contributed by atoms with Crippen LogP contribution in [0.3, 0.4) is 0 Å².